The third kappa shape index (κ3) is 3.85. The van der Waals surface area contributed by atoms with Crippen LogP contribution in [-0.4, -0.2) is 66.9 Å². The summed E-state index contributed by atoms with van der Waals surface area (Å²) in [5.41, 5.74) is 4.38. The van der Waals surface area contributed by atoms with Crippen molar-refractivity contribution in [1.29, 1.82) is 0 Å². The third-order valence-corrected chi connectivity index (χ3v) is 6.46. The van der Waals surface area contributed by atoms with Gasteiger partial charge in [0.15, 0.2) is 0 Å². The molecule has 0 radical (unpaired) electrons. The Kier molecular flexibility index (Phi) is 4.92. The van der Waals surface area contributed by atoms with Gasteiger partial charge in [0.1, 0.15) is 11.4 Å². The van der Waals surface area contributed by atoms with Crippen LogP contribution in [0.3, 0.4) is 0 Å². The summed E-state index contributed by atoms with van der Waals surface area (Å²) >= 11 is 0. The summed E-state index contributed by atoms with van der Waals surface area (Å²) in [5.74, 6) is 0.805. The SMILES string of the molecule is COc1cc2c(cc1-c1cn(C[C@@H]3CN(S(C)(=O)=O)CCO3)nn1)CCC2. The number of aromatic nitrogens is 3. The van der Waals surface area contributed by atoms with Crippen LogP contribution in [0.4, 0.5) is 0 Å². The lowest BCUT2D eigenvalue weighted by molar-refractivity contribution is -0.0120. The minimum Gasteiger partial charge on any atom is -0.496 e. The Hall–Kier alpha value is -1.97. The van der Waals surface area contributed by atoms with E-state index >= 15 is 0 Å². The van der Waals surface area contributed by atoms with E-state index in [1.807, 2.05) is 6.20 Å². The quantitative estimate of drug-likeness (QED) is 0.757. The number of hydrogen-bond donors (Lipinski definition) is 0. The maximum absolute atomic E-state index is 11.8. The van der Waals surface area contributed by atoms with Crippen molar-refractivity contribution in [2.24, 2.45) is 0 Å². The fourth-order valence-corrected chi connectivity index (χ4v) is 4.64. The highest BCUT2D eigenvalue weighted by Crippen LogP contribution is 2.35. The lowest BCUT2D eigenvalue weighted by Gasteiger charge is -2.30. The van der Waals surface area contributed by atoms with Gasteiger partial charge in [-0.1, -0.05) is 5.21 Å². The fraction of sp³-hybridized carbons (Fsp3) is 0.556. The van der Waals surface area contributed by atoms with E-state index in [2.05, 4.69) is 22.4 Å². The van der Waals surface area contributed by atoms with Crippen molar-refractivity contribution in [2.75, 3.05) is 33.1 Å². The first-order valence-corrected chi connectivity index (χ1v) is 11.0. The van der Waals surface area contributed by atoms with Crippen molar-refractivity contribution in [1.82, 2.24) is 19.3 Å². The lowest BCUT2D eigenvalue weighted by Crippen LogP contribution is -2.46. The van der Waals surface area contributed by atoms with Crippen molar-refractivity contribution in [3.8, 4) is 17.0 Å². The minimum atomic E-state index is -3.21. The summed E-state index contributed by atoms with van der Waals surface area (Å²) in [4.78, 5) is 0. The van der Waals surface area contributed by atoms with Crippen molar-refractivity contribution in [2.45, 2.75) is 31.9 Å². The molecule has 1 aromatic heterocycles. The highest BCUT2D eigenvalue weighted by Gasteiger charge is 2.27. The molecule has 0 spiro atoms. The number of nitrogens with zero attached hydrogens (tertiary/aromatic N) is 4. The first-order chi connectivity index (χ1) is 12.9. The average Bonchev–Trinajstić information content (AvgIpc) is 3.28. The molecule has 1 aromatic carbocycles. The van der Waals surface area contributed by atoms with Crippen LogP contribution in [0.25, 0.3) is 11.3 Å². The van der Waals surface area contributed by atoms with E-state index in [4.69, 9.17) is 9.47 Å². The van der Waals surface area contributed by atoms with E-state index in [1.165, 1.54) is 28.1 Å². The van der Waals surface area contributed by atoms with Gasteiger partial charge in [-0.2, -0.15) is 4.31 Å². The van der Waals surface area contributed by atoms with Crippen molar-refractivity contribution < 1.29 is 17.9 Å². The van der Waals surface area contributed by atoms with Gasteiger partial charge in [0, 0.05) is 18.7 Å². The molecular weight excluding hydrogens is 368 g/mol. The van der Waals surface area contributed by atoms with Gasteiger partial charge in [0.05, 0.1) is 38.8 Å². The van der Waals surface area contributed by atoms with E-state index < -0.39 is 10.0 Å². The standard InChI is InChI=1S/C18H24N4O4S/c1-25-18-9-14-5-3-4-13(14)8-16(18)17-12-21(20-19-17)10-15-11-22(6-7-26-15)27(2,23)24/h8-9,12,15H,3-7,10-11H2,1-2H3/t15-/m1/s1. The Morgan fingerprint density at radius 2 is 2.07 bits per heavy atom. The number of fused-ring (bicyclic) bond motifs is 1. The molecule has 0 saturated carbocycles. The Balaban J connectivity index is 1.53. The largest absolute Gasteiger partial charge is 0.496 e. The van der Waals surface area contributed by atoms with E-state index in [0.717, 1.165) is 29.8 Å². The second-order valence-corrected chi connectivity index (χ2v) is 9.10. The Morgan fingerprint density at radius 3 is 2.81 bits per heavy atom. The maximum Gasteiger partial charge on any atom is 0.211 e. The molecule has 1 saturated heterocycles. The van der Waals surface area contributed by atoms with Crippen LogP contribution in [0.2, 0.25) is 0 Å². The van der Waals surface area contributed by atoms with Gasteiger partial charge < -0.3 is 9.47 Å². The van der Waals surface area contributed by atoms with Crippen molar-refractivity contribution >= 4 is 10.0 Å². The minimum absolute atomic E-state index is 0.245. The third-order valence-electron chi connectivity index (χ3n) is 5.19. The van der Waals surface area contributed by atoms with Gasteiger partial charge in [-0.15, -0.1) is 5.10 Å². The molecule has 2 aliphatic rings. The Bertz CT molecular complexity index is 941. The van der Waals surface area contributed by atoms with Gasteiger partial charge in [0.2, 0.25) is 10.0 Å². The first-order valence-electron chi connectivity index (χ1n) is 9.11. The summed E-state index contributed by atoms with van der Waals surface area (Å²) in [6.45, 7) is 1.56. The monoisotopic (exact) mass is 392 g/mol. The molecule has 4 rings (SSSR count). The van der Waals surface area contributed by atoms with E-state index in [9.17, 15) is 8.42 Å². The van der Waals surface area contributed by atoms with Crippen LogP contribution in [0.15, 0.2) is 18.3 Å². The summed E-state index contributed by atoms with van der Waals surface area (Å²) in [6, 6.07) is 4.25. The second-order valence-electron chi connectivity index (χ2n) is 7.11. The van der Waals surface area contributed by atoms with E-state index in [0.29, 0.717) is 26.2 Å². The maximum atomic E-state index is 11.8. The molecule has 0 bridgehead atoms. The summed E-state index contributed by atoms with van der Waals surface area (Å²) in [5, 5.41) is 8.51. The van der Waals surface area contributed by atoms with Gasteiger partial charge >= 0.3 is 0 Å². The first kappa shape index (κ1) is 18.4. The molecule has 1 atom stereocenters. The van der Waals surface area contributed by atoms with E-state index in [1.54, 1.807) is 11.8 Å². The number of methoxy groups -OCH3 is 1. The number of rotatable bonds is 5. The molecule has 0 unspecified atom stereocenters. The lowest BCUT2D eigenvalue weighted by atomic mass is 10.0. The molecule has 2 aromatic rings. The molecule has 1 fully saturated rings. The number of aryl methyl sites for hydroxylation is 2. The van der Waals surface area contributed by atoms with E-state index in [-0.39, 0.29) is 6.10 Å². The summed E-state index contributed by atoms with van der Waals surface area (Å²) in [6.07, 6.45) is 6.19. The van der Waals surface area contributed by atoms with Gasteiger partial charge in [-0.3, -0.25) is 0 Å². The zero-order valence-corrected chi connectivity index (χ0v) is 16.4. The zero-order valence-electron chi connectivity index (χ0n) is 15.6. The number of hydrogen-bond acceptors (Lipinski definition) is 6. The molecule has 1 aliphatic heterocycles. The van der Waals surface area contributed by atoms with Gasteiger partial charge in [0.25, 0.3) is 0 Å². The number of morpholine rings is 1. The molecule has 2 heterocycles. The van der Waals surface area contributed by atoms with Gasteiger partial charge in [-0.25, -0.2) is 13.1 Å². The van der Waals surface area contributed by atoms with Crippen LogP contribution < -0.4 is 4.74 Å². The van der Waals surface area contributed by atoms with Crippen LogP contribution in [0.5, 0.6) is 5.75 Å². The molecule has 9 heteroatoms. The van der Waals surface area contributed by atoms with Crippen LogP contribution in [0, 0.1) is 0 Å². The molecule has 0 amide bonds. The summed E-state index contributed by atoms with van der Waals surface area (Å²) in [7, 11) is -1.55. The smallest absolute Gasteiger partial charge is 0.211 e. The molecule has 8 nitrogen and oxygen atoms in total. The zero-order chi connectivity index (χ0) is 19.0. The average molecular weight is 392 g/mol. The predicted octanol–water partition coefficient (Wildman–Crippen LogP) is 1.10. The molecule has 1 aliphatic carbocycles. The molecule has 0 N–H and O–H groups in total. The number of ether oxygens (including phenoxy) is 2. The van der Waals surface area contributed by atoms with Crippen molar-refractivity contribution in [3.63, 3.8) is 0 Å². The number of benzene rings is 1. The van der Waals surface area contributed by atoms with Crippen LogP contribution >= 0.6 is 0 Å². The topological polar surface area (TPSA) is 86.5 Å². The van der Waals surface area contributed by atoms with Gasteiger partial charge in [-0.05, 0) is 42.5 Å². The molecular formula is C18H24N4O4S. The Labute approximate surface area is 159 Å². The predicted molar refractivity (Wildman–Crippen MR) is 100 cm³/mol. The second kappa shape index (κ2) is 7.21. The fourth-order valence-electron chi connectivity index (χ4n) is 3.79. The Morgan fingerprint density at radius 1 is 1.30 bits per heavy atom. The highest BCUT2D eigenvalue weighted by atomic mass is 32.2. The van der Waals surface area contributed by atoms with Crippen LogP contribution in [0.1, 0.15) is 17.5 Å². The molecule has 27 heavy (non-hydrogen) atoms. The highest BCUT2D eigenvalue weighted by molar-refractivity contribution is 7.88. The normalized spacial score (nSPS) is 20.6. The number of sulfonamides is 1. The summed E-state index contributed by atoms with van der Waals surface area (Å²) < 4.78 is 37.9. The molecule has 146 valence electrons. The van der Waals surface area contributed by atoms with Crippen LogP contribution in [-0.2, 0) is 34.1 Å². The van der Waals surface area contributed by atoms with Crippen molar-refractivity contribution in [3.05, 3.63) is 29.5 Å².